The van der Waals surface area contributed by atoms with Crippen molar-refractivity contribution >= 4 is 0 Å². The monoisotopic (exact) mass is 242 g/mol. The van der Waals surface area contributed by atoms with E-state index in [4.69, 9.17) is 10.00 Å². The molecule has 1 atom stereocenters. The second-order valence-corrected chi connectivity index (χ2v) is 3.77. The summed E-state index contributed by atoms with van der Waals surface area (Å²) in [6.07, 6.45) is 3.04. The molecule has 0 fully saturated rings. The average Bonchev–Trinajstić information content (AvgIpc) is 2.40. The molecule has 0 bridgehead atoms. The van der Waals surface area contributed by atoms with Gasteiger partial charge in [-0.2, -0.15) is 5.26 Å². The van der Waals surface area contributed by atoms with Crippen molar-refractivity contribution in [2.45, 2.75) is 13.0 Å². The zero-order chi connectivity index (χ0) is 13.0. The van der Waals surface area contributed by atoms with Crippen molar-refractivity contribution in [3.8, 4) is 11.8 Å². The molecule has 0 amide bonds. The van der Waals surface area contributed by atoms with Crippen LogP contribution in [0.2, 0.25) is 0 Å². The van der Waals surface area contributed by atoms with Gasteiger partial charge in [-0.1, -0.05) is 6.07 Å². The lowest BCUT2D eigenvalue weighted by molar-refractivity contribution is 0.225. The smallest absolute Gasteiger partial charge is 0.144 e. The molecule has 1 aromatic heterocycles. The van der Waals surface area contributed by atoms with Crippen molar-refractivity contribution in [1.82, 2.24) is 4.98 Å². The zero-order valence-electron chi connectivity index (χ0n) is 9.80. The highest BCUT2D eigenvalue weighted by Gasteiger charge is 2.13. The lowest BCUT2D eigenvalue weighted by Gasteiger charge is -2.15. The molecule has 0 saturated carbocycles. The van der Waals surface area contributed by atoms with Gasteiger partial charge in [-0.05, 0) is 36.8 Å². The van der Waals surface area contributed by atoms with Gasteiger partial charge in [-0.25, -0.2) is 4.39 Å². The Hall–Kier alpha value is -2.41. The summed E-state index contributed by atoms with van der Waals surface area (Å²) in [5, 5.41) is 8.90. The fraction of sp³-hybridized carbons (Fsp3) is 0.143. The van der Waals surface area contributed by atoms with E-state index < -0.39 is 5.82 Å². The maximum Gasteiger partial charge on any atom is 0.144 e. The number of halogens is 1. The fourth-order valence-corrected chi connectivity index (χ4v) is 1.60. The summed E-state index contributed by atoms with van der Waals surface area (Å²) in [4.78, 5) is 3.91. The first kappa shape index (κ1) is 12.1. The number of nitrogens with zero attached hydrogens (tertiary/aromatic N) is 2. The molecule has 2 rings (SSSR count). The standard InChI is InChI=1S/C14H11FN2O/c1-10(11-5-7-17-8-6-11)18-14-4-2-3-13(15)12(14)9-16/h2-8,10H,1H3. The second kappa shape index (κ2) is 5.28. The lowest BCUT2D eigenvalue weighted by Crippen LogP contribution is -2.05. The minimum atomic E-state index is -0.572. The van der Waals surface area contributed by atoms with Crippen LogP contribution in [0.5, 0.6) is 5.75 Å². The average molecular weight is 242 g/mol. The van der Waals surface area contributed by atoms with E-state index in [0.717, 1.165) is 5.56 Å². The first-order chi connectivity index (χ1) is 8.72. The second-order valence-electron chi connectivity index (χ2n) is 3.77. The van der Waals surface area contributed by atoms with E-state index in [1.54, 1.807) is 18.5 Å². The van der Waals surface area contributed by atoms with Crippen LogP contribution in [0.1, 0.15) is 24.2 Å². The summed E-state index contributed by atoms with van der Waals surface area (Å²) in [5.74, 6) is -0.321. The van der Waals surface area contributed by atoms with Crippen LogP contribution in [0.15, 0.2) is 42.7 Å². The molecule has 0 saturated heterocycles. The summed E-state index contributed by atoms with van der Waals surface area (Å²) in [6.45, 7) is 1.83. The van der Waals surface area contributed by atoms with Gasteiger partial charge in [0.15, 0.2) is 0 Å². The number of ether oxygens (including phenoxy) is 1. The summed E-state index contributed by atoms with van der Waals surface area (Å²) in [7, 11) is 0. The molecule has 0 N–H and O–H groups in total. The molecule has 4 heteroatoms. The van der Waals surface area contributed by atoms with Crippen molar-refractivity contribution in [2.75, 3.05) is 0 Å². The third-order valence-corrected chi connectivity index (χ3v) is 2.57. The number of hydrogen-bond acceptors (Lipinski definition) is 3. The van der Waals surface area contributed by atoms with Crippen molar-refractivity contribution in [3.05, 3.63) is 59.7 Å². The fourth-order valence-electron chi connectivity index (χ4n) is 1.60. The Balaban J connectivity index is 2.25. The number of pyridine rings is 1. The highest BCUT2D eigenvalue weighted by Crippen LogP contribution is 2.26. The van der Waals surface area contributed by atoms with Crippen molar-refractivity contribution in [3.63, 3.8) is 0 Å². The minimum absolute atomic E-state index is 0.0709. The predicted octanol–water partition coefficient (Wildman–Crippen LogP) is 3.23. The van der Waals surface area contributed by atoms with Gasteiger partial charge in [0.25, 0.3) is 0 Å². The number of rotatable bonds is 3. The quantitative estimate of drug-likeness (QED) is 0.830. The van der Waals surface area contributed by atoms with Gasteiger partial charge in [0.05, 0.1) is 0 Å². The Kier molecular flexibility index (Phi) is 3.54. The van der Waals surface area contributed by atoms with E-state index in [-0.39, 0.29) is 17.4 Å². The molecule has 3 nitrogen and oxygen atoms in total. The molecule has 2 aromatic rings. The highest BCUT2D eigenvalue weighted by atomic mass is 19.1. The predicted molar refractivity (Wildman–Crippen MR) is 64.4 cm³/mol. The van der Waals surface area contributed by atoms with Gasteiger partial charge < -0.3 is 4.74 Å². The number of aromatic nitrogens is 1. The normalized spacial score (nSPS) is 11.6. The first-order valence-electron chi connectivity index (χ1n) is 5.47. The molecule has 1 heterocycles. The molecule has 90 valence electrons. The van der Waals surface area contributed by atoms with E-state index in [1.807, 2.05) is 25.1 Å². The van der Waals surface area contributed by atoms with Gasteiger partial charge in [-0.15, -0.1) is 0 Å². The number of hydrogen-bond donors (Lipinski definition) is 0. The molecular formula is C14H11FN2O. The maximum atomic E-state index is 13.4. The van der Waals surface area contributed by atoms with Crippen molar-refractivity contribution in [2.24, 2.45) is 0 Å². The number of nitriles is 1. The Morgan fingerprint density at radius 3 is 2.67 bits per heavy atom. The molecule has 0 spiro atoms. The van der Waals surface area contributed by atoms with Gasteiger partial charge >= 0.3 is 0 Å². The van der Waals surface area contributed by atoms with E-state index in [2.05, 4.69) is 4.98 Å². The van der Waals surface area contributed by atoms with E-state index >= 15 is 0 Å². The SMILES string of the molecule is CC(Oc1cccc(F)c1C#N)c1ccncc1. The minimum Gasteiger partial charge on any atom is -0.485 e. The largest absolute Gasteiger partial charge is 0.485 e. The molecule has 1 aromatic carbocycles. The summed E-state index contributed by atoms with van der Waals surface area (Å²) in [5.41, 5.74) is 0.844. The summed E-state index contributed by atoms with van der Waals surface area (Å²) >= 11 is 0. The highest BCUT2D eigenvalue weighted by molar-refractivity contribution is 5.44. The van der Waals surface area contributed by atoms with Crippen LogP contribution in [-0.4, -0.2) is 4.98 Å². The lowest BCUT2D eigenvalue weighted by atomic mass is 10.1. The van der Waals surface area contributed by atoms with Crippen LogP contribution >= 0.6 is 0 Å². The van der Waals surface area contributed by atoms with E-state index in [0.29, 0.717) is 0 Å². The Labute approximate surface area is 104 Å². The third kappa shape index (κ3) is 2.46. The zero-order valence-corrected chi connectivity index (χ0v) is 9.80. The van der Waals surface area contributed by atoms with Crippen LogP contribution < -0.4 is 4.74 Å². The third-order valence-electron chi connectivity index (χ3n) is 2.57. The van der Waals surface area contributed by atoms with Gasteiger partial charge in [-0.3, -0.25) is 4.98 Å². The Bertz CT molecular complexity index is 578. The molecule has 1 unspecified atom stereocenters. The van der Waals surface area contributed by atoms with Crippen molar-refractivity contribution < 1.29 is 9.13 Å². The van der Waals surface area contributed by atoms with Crippen LogP contribution in [-0.2, 0) is 0 Å². The molecule has 0 aliphatic carbocycles. The molecule has 0 aliphatic heterocycles. The number of benzene rings is 1. The molecule has 0 radical (unpaired) electrons. The Morgan fingerprint density at radius 1 is 1.28 bits per heavy atom. The molecule has 18 heavy (non-hydrogen) atoms. The van der Waals surface area contributed by atoms with Crippen LogP contribution in [0.25, 0.3) is 0 Å². The summed E-state index contributed by atoms with van der Waals surface area (Å²) in [6, 6.07) is 9.78. The van der Waals surface area contributed by atoms with E-state index in [9.17, 15) is 4.39 Å². The Morgan fingerprint density at radius 2 is 2.00 bits per heavy atom. The first-order valence-corrected chi connectivity index (χ1v) is 5.47. The topological polar surface area (TPSA) is 45.9 Å². The van der Waals surface area contributed by atoms with E-state index in [1.165, 1.54) is 12.1 Å². The van der Waals surface area contributed by atoms with Gasteiger partial charge in [0.1, 0.15) is 29.3 Å². The van der Waals surface area contributed by atoms with Crippen LogP contribution in [0.3, 0.4) is 0 Å². The van der Waals surface area contributed by atoms with Crippen LogP contribution in [0, 0.1) is 17.1 Å². The maximum absolute atomic E-state index is 13.4. The summed E-state index contributed by atoms with van der Waals surface area (Å²) < 4.78 is 19.0. The molecule has 0 aliphatic rings. The van der Waals surface area contributed by atoms with Crippen molar-refractivity contribution in [1.29, 1.82) is 5.26 Å². The van der Waals surface area contributed by atoms with Crippen LogP contribution in [0.4, 0.5) is 4.39 Å². The van der Waals surface area contributed by atoms with Gasteiger partial charge in [0.2, 0.25) is 0 Å². The van der Waals surface area contributed by atoms with Gasteiger partial charge in [0, 0.05) is 12.4 Å². The molecular weight excluding hydrogens is 231 g/mol.